The lowest BCUT2D eigenvalue weighted by Gasteiger charge is -2.35. The van der Waals surface area contributed by atoms with E-state index in [0.29, 0.717) is 31.4 Å². The molecule has 0 spiro atoms. The highest BCUT2D eigenvalue weighted by Crippen LogP contribution is 2.31. The molecule has 1 aromatic heterocycles. The largest absolute Gasteiger partial charge is 0.477 e. The lowest BCUT2D eigenvalue weighted by Crippen LogP contribution is -2.36. The zero-order valence-corrected chi connectivity index (χ0v) is 17.5. The molecule has 0 unspecified atom stereocenters. The number of Topliss-reactive ketones (excluding diaryl/α,β-unsaturated/α-hetero) is 1. The van der Waals surface area contributed by atoms with E-state index in [1.54, 1.807) is 13.3 Å². The Hall–Kier alpha value is -2.53. The summed E-state index contributed by atoms with van der Waals surface area (Å²) in [5, 5.41) is 0. The summed E-state index contributed by atoms with van der Waals surface area (Å²) in [4.78, 5) is 19.8. The molecule has 0 aliphatic heterocycles. The van der Waals surface area contributed by atoms with Crippen molar-refractivity contribution in [2.75, 3.05) is 13.2 Å². The highest BCUT2D eigenvalue weighted by Gasteiger charge is 2.31. The summed E-state index contributed by atoms with van der Waals surface area (Å²) in [6.07, 6.45) is 8.46. The molecular formula is C24H30N2O3. The van der Waals surface area contributed by atoms with Crippen LogP contribution in [0.15, 0.2) is 36.7 Å². The minimum Gasteiger partial charge on any atom is -0.477 e. The molecule has 0 saturated heterocycles. The van der Waals surface area contributed by atoms with E-state index in [-0.39, 0.29) is 17.8 Å². The fourth-order valence-corrected chi connectivity index (χ4v) is 3.49. The Kier molecular flexibility index (Phi) is 7.53. The van der Waals surface area contributed by atoms with Crippen molar-refractivity contribution in [1.82, 2.24) is 9.97 Å². The standard InChI is InChI=1S/C24H30N2O3/c1-17(11-18(2)27)14-28-22-12-21(13-22)15-29-24-19(3)23(25-16-26-24)10-9-20-7-5-4-6-8-20/h4-10,16-17,21-22H,11-15H2,1-3H3/b10-9+/t17-,21?,22?/m1/s1. The van der Waals surface area contributed by atoms with Crippen LogP contribution in [0.25, 0.3) is 12.2 Å². The van der Waals surface area contributed by atoms with Gasteiger partial charge < -0.3 is 14.3 Å². The number of ether oxygens (including phenoxy) is 2. The Morgan fingerprint density at radius 3 is 2.69 bits per heavy atom. The van der Waals surface area contributed by atoms with Gasteiger partial charge in [0.05, 0.1) is 18.4 Å². The molecule has 154 valence electrons. The van der Waals surface area contributed by atoms with E-state index in [0.717, 1.165) is 29.7 Å². The maximum absolute atomic E-state index is 11.1. The third-order valence-corrected chi connectivity index (χ3v) is 5.21. The second-order valence-electron chi connectivity index (χ2n) is 8.05. The fourth-order valence-electron chi connectivity index (χ4n) is 3.49. The van der Waals surface area contributed by atoms with Crippen LogP contribution in [0, 0.1) is 18.8 Å². The number of benzene rings is 1. The molecule has 1 aliphatic rings. The Morgan fingerprint density at radius 2 is 1.97 bits per heavy atom. The second kappa shape index (κ2) is 10.3. The molecule has 0 radical (unpaired) electrons. The van der Waals surface area contributed by atoms with Gasteiger partial charge in [0.1, 0.15) is 12.1 Å². The topological polar surface area (TPSA) is 61.3 Å². The monoisotopic (exact) mass is 394 g/mol. The van der Waals surface area contributed by atoms with Gasteiger partial charge in [-0.2, -0.15) is 0 Å². The van der Waals surface area contributed by atoms with Gasteiger partial charge in [-0.3, -0.25) is 0 Å². The van der Waals surface area contributed by atoms with Crippen molar-refractivity contribution in [3.63, 3.8) is 0 Å². The van der Waals surface area contributed by atoms with Gasteiger partial charge in [-0.1, -0.05) is 43.3 Å². The van der Waals surface area contributed by atoms with Crippen LogP contribution in [-0.4, -0.2) is 35.1 Å². The molecule has 29 heavy (non-hydrogen) atoms. The highest BCUT2D eigenvalue weighted by molar-refractivity contribution is 5.75. The SMILES string of the molecule is CC(=O)C[C@@H](C)COC1CC(COc2ncnc(/C=C/c3ccccc3)c2C)C1. The third kappa shape index (κ3) is 6.50. The number of ketones is 1. The van der Waals surface area contributed by atoms with E-state index in [1.807, 2.05) is 37.3 Å². The van der Waals surface area contributed by atoms with Crippen molar-refractivity contribution in [2.24, 2.45) is 11.8 Å². The quantitative estimate of drug-likeness (QED) is 0.582. The number of aromatic nitrogens is 2. The summed E-state index contributed by atoms with van der Waals surface area (Å²) in [7, 11) is 0. The average molecular weight is 395 g/mol. The van der Waals surface area contributed by atoms with Crippen LogP contribution in [0.4, 0.5) is 0 Å². The number of carbonyl (C=O) groups excluding carboxylic acids is 1. The average Bonchev–Trinajstić information content (AvgIpc) is 2.66. The zero-order chi connectivity index (χ0) is 20.6. The molecule has 1 aliphatic carbocycles. The van der Waals surface area contributed by atoms with Gasteiger partial charge in [0.2, 0.25) is 5.88 Å². The summed E-state index contributed by atoms with van der Waals surface area (Å²) >= 11 is 0. The minimum absolute atomic E-state index is 0.221. The number of carbonyl (C=O) groups is 1. The fraction of sp³-hybridized carbons (Fsp3) is 0.458. The van der Waals surface area contributed by atoms with Crippen LogP contribution in [0.3, 0.4) is 0 Å². The van der Waals surface area contributed by atoms with Gasteiger partial charge in [0, 0.05) is 18.6 Å². The maximum Gasteiger partial charge on any atom is 0.219 e. The molecule has 5 nitrogen and oxygen atoms in total. The third-order valence-electron chi connectivity index (χ3n) is 5.21. The molecular weight excluding hydrogens is 364 g/mol. The van der Waals surface area contributed by atoms with Gasteiger partial charge in [0.15, 0.2) is 0 Å². The molecule has 1 aromatic carbocycles. The van der Waals surface area contributed by atoms with Crippen molar-refractivity contribution in [1.29, 1.82) is 0 Å². The predicted molar refractivity (Wildman–Crippen MR) is 115 cm³/mol. The van der Waals surface area contributed by atoms with E-state index in [9.17, 15) is 4.79 Å². The summed E-state index contributed by atoms with van der Waals surface area (Å²) < 4.78 is 11.9. The highest BCUT2D eigenvalue weighted by atomic mass is 16.5. The Balaban J connectivity index is 1.44. The first-order valence-corrected chi connectivity index (χ1v) is 10.3. The molecule has 1 atom stereocenters. The Bertz CT molecular complexity index is 829. The van der Waals surface area contributed by atoms with Crippen LogP contribution in [-0.2, 0) is 9.53 Å². The summed E-state index contributed by atoms with van der Waals surface area (Å²) in [5.41, 5.74) is 2.95. The summed E-state index contributed by atoms with van der Waals surface area (Å²) in [6.45, 7) is 6.97. The molecule has 0 bridgehead atoms. The number of hydrogen-bond donors (Lipinski definition) is 0. The van der Waals surface area contributed by atoms with Crippen LogP contribution >= 0.6 is 0 Å². The first-order valence-electron chi connectivity index (χ1n) is 10.3. The molecule has 1 heterocycles. The van der Waals surface area contributed by atoms with Crippen molar-refractivity contribution >= 4 is 17.9 Å². The van der Waals surface area contributed by atoms with Gasteiger partial charge in [0.25, 0.3) is 0 Å². The smallest absolute Gasteiger partial charge is 0.219 e. The van der Waals surface area contributed by atoms with Gasteiger partial charge >= 0.3 is 0 Å². The van der Waals surface area contributed by atoms with Crippen LogP contribution < -0.4 is 4.74 Å². The number of hydrogen-bond acceptors (Lipinski definition) is 5. The molecule has 0 N–H and O–H groups in total. The van der Waals surface area contributed by atoms with E-state index >= 15 is 0 Å². The van der Waals surface area contributed by atoms with Gasteiger partial charge in [-0.15, -0.1) is 0 Å². The van der Waals surface area contributed by atoms with Gasteiger partial charge in [-0.25, -0.2) is 9.97 Å². The van der Waals surface area contributed by atoms with Crippen LogP contribution in [0.5, 0.6) is 5.88 Å². The first-order chi connectivity index (χ1) is 14.0. The maximum atomic E-state index is 11.1. The summed E-state index contributed by atoms with van der Waals surface area (Å²) in [6, 6.07) is 10.1. The van der Waals surface area contributed by atoms with Crippen LogP contribution in [0.1, 0.15) is 49.9 Å². The molecule has 2 aromatic rings. The summed E-state index contributed by atoms with van der Waals surface area (Å²) in [5.74, 6) is 1.64. The zero-order valence-electron chi connectivity index (χ0n) is 17.5. The second-order valence-corrected chi connectivity index (χ2v) is 8.05. The van der Waals surface area contributed by atoms with Crippen molar-refractivity contribution in [3.8, 4) is 5.88 Å². The van der Waals surface area contributed by atoms with E-state index < -0.39 is 0 Å². The van der Waals surface area contributed by atoms with Crippen molar-refractivity contribution < 1.29 is 14.3 Å². The van der Waals surface area contributed by atoms with Crippen molar-refractivity contribution in [2.45, 2.75) is 46.1 Å². The molecule has 1 fully saturated rings. The Labute approximate surface area is 173 Å². The first kappa shape index (κ1) is 21.2. The lowest BCUT2D eigenvalue weighted by atomic mass is 9.83. The van der Waals surface area contributed by atoms with Gasteiger partial charge in [-0.05, 0) is 50.2 Å². The predicted octanol–water partition coefficient (Wildman–Crippen LogP) is 4.74. The normalized spacial score (nSPS) is 19.7. The van der Waals surface area contributed by atoms with Crippen LogP contribution in [0.2, 0.25) is 0 Å². The van der Waals surface area contributed by atoms with E-state index in [4.69, 9.17) is 9.47 Å². The molecule has 0 amide bonds. The Morgan fingerprint density at radius 1 is 1.21 bits per heavy atom. The minimum atomic E-state index is 0.221. The van der Waals surface area contributed by atoms with E-state index in [1.165, 1.54) is 0 Å². The molecule has 3 rings (SSSR count). The van der Waals surface area contributed by atoms with E-state index in [2.05, 4.69) is 29.0 Å². The molecule has 5 heteroatoms. The van der Waals surface area contributed by atoms with Crippen molar-refractivity contribution in [3.05, 3.63) is 53.5 Å². The molecule has 1 saturated carbocycles. The lowest BCUT2D eigenvalue weighted by molar-refractivity contribution is -0.119. The number of nitrogens with zero attached hydrogens (tertiary/aromatic N) is 2. The number of rotatable bonds is 10.